The number of amides is 3. The molecule has 2 aromatic rings. The lowest BCUT2D eigenvalue weighted by atomic mass is 10.0. The van der Waals surface area contributed by atoms with Gasteiger partial charge in [-0.15, -0.1) is 0 Å². The van der Waals surface area contributed by atoms with Crippen LogP contribution in [0.25, 0.3) is 0 Å². The number of nitrogens with two attached hydrogens (primary N) is 1. The Hall–Kier alpha value is -3.93. The number of rotatable bonds is 12. The predicted octanol–water partition coefficient (Wildman–Crippen LogP) is -0.946. The van der Waals surface area contributed by atoms with Gasteiger partial charge in [0.2, 0.25) is 17.7 Å². The van der Waals surface area contributed by atoms with Gasteiger partial charge in [0.1, 0.15) is 17.8 Å². The van der Waals surface area contributed by atoms with Gasteiger partial charge in [-0.3, -0.25) is 14.4 Å². The first-order chi connectivity index (χ1) is 16.1. The van der Waals surface area contributed by atoms with E-state index in [1.807, 2.05) is 0 Å². The molecule has 184 valence electrons. The third-order valence-corrected chi connectivity index (χ3v) is 5.01. The number of aliphatic carboxylic acids is 1. The average Bonchev–Trinajstić information content (AvgIpc) is 3.29. The second-order valence-electron chi connectivity index (χ2n) is 8.16. The molecule has 0 aliphatic carbocycles. The number of benzene rings is 1. The van der Waals surface area contributed by atoms with Gasteiger partial charge < -0.3 is 36.9 Å². The van der Waals surface area contributed by atoms with Crippen LogP contribution in [0.3, 0.4) is 0 Å². The number of hydrogen-bond acceptors (Lipinski definition) is 7. The zero-order chi connectivity index (χ0) is 25.3. The number of carboxylic acid groups (broad SMARTS) is 1. The minimum absolute atomic E-state index is 0.00515. The van der Waals surface area contributed by atoms with Crippen LogP contribution in [-0.2, 0) is 32.0 Å². The molecule has 0 saturated heterocycles. The quantitative estimate of drug-likeness (QED) is 0.204. The maximum atomic E-state index is 12.7. The molecular weight excluding hydrogens is 444 g/mol. The second-order valence-corrected chi connectivity index (χ2v) is 8.16. The summed E-state index contributed by atoms with van der Waals surface area (Å²) in [5.41, 5.74) is 7.15. The van der Waals surface area contributed by atoms with Gasteiger partial charge >= 0.3 is 5.97 Å². The molecule has 0 aliphatic heterocycles. The van der Waals surface area contributed by atoms with Crippen LogP contribution in [0.2, 0.25) is 0 Å². The molecule has 0 fully saturated rings. The summed E-state index contributed by atoms with van der Waals surface area (Å²) in [5.74, 6) is -3.33. The van der Waals surface area contributed by atoms with Gasteiger partial charge in [-0.1, -0.05) is 26.0 Å². The van der Waals surface area contributed by atoms with Crippen molar-refractivity contribution in [3.63, 3.8) is 0 Å². The zero-order valence-electron chi connectivity index (χ0n) is 18.9. The summed E-state index contributed by atoms with van der Waals surface area (Å²) in [6.07, 6.45) is 3.06. The highest BCUT2D eigenvalue weighted by molar-refractivity contribution is 5.92. The van der Waals surface area contributed by atoms with E-state index in [1.54, 1.807) is 26.0 Å². The molecule has 0 unspecified atom stereocenters. The van der Waals surface area contributed by atoms with Crippen molar-refractivity contribution in [2.75, 3.05) is 6.54 Å². The highest BCUT2D eigenvalue weighted by Crippen LogP contribution is 2.11. The summed E-state index contributed by atoms with van der Waals surface area (Å²) in [6, 6.07) is 3.08. The van der Waals surface area contributed by atoms with E-state index in [0.717, 1.165) is 5.56 Å². The number of aromatic nitrogens is 2. The van der Waals surface area contributed by atoms with Gasteiger partial charge in [0.15, 0.2) is 0 Å². The molecule has 12 heteroatoms. The van der Waals surface area contributed by atoms with Crippen molar-refractivity contribution in [3.05, 3.63) is 48.0 Å². The van der Waals surface area contributed by atoms with E-state index in [4.69, 9.17) is 5.73 Å². The van der Waals surface area contributed by atoms with Crippen LogP contribution >= 0.6 is 0 Å². The zero-order valence-corrected chi connectivity index (χ0v) is 18.9. The number of aromatic hydroxyl groups is 1. The Bertz CT molecular complexity index is 976. The van der Waals surface area contributed by atoms with E-state index in [2.05, 4.69) is 25.9 Å². The molecule has 12 nitrogen and oxygen atoms in total. The lowest BCUT2D eigenvalue weighted by Gasteiger charge is -2.24. The number of H-pyrrole nitrogens is 1. The van der Waals surface area contributed by atoms with Crippen molar-refractivity contribution in [2.45, 2.75) is 44.8 Å². The molecule has 0 bridgehead atoms. The maximum Gasteiger partial charge on any atom is 0.326 e. The number of phenols is 1. The standard InChI is InChI=1S/C22H30N6O6/c1-12(2)19(21(32)27-17(22(33)34)8-14-9-24-11-26-14)28-18(30)10-25-20(31)16(23)7-13-3-5-15(29)6-4-13/h3-6,9,11-12,16-17,19,29H,7-8,10,23H2,1-2H3,(H,24,26)(H,25,31)(H,27,32)(H,28,30)(H,33,34)/t16-,17-,19-/m0/s1. The van der Waals surface area contributed by atoms with Gasteiger partial charge in [-0.05, 0) is 30.0 Å². The van der Waals surface area contributed by atoms with E-state index < -0.39 is 48.4 Å². The second kappa shape index (κ2) is 12.3. The van der Waals surface area contributed by atoms with Crippen molar-refractivity contribution < 1.29 is 29.4 Å². The Balaban J connectivity index is 1.87. The smallest absolute Gasteiger partial charge is 0.326 e. The van der Waals surface area contributed by atoms with Gasteiger partial charge in [0.05, 0.1) is 18.9 Å². The predicted molar refractivity (Wildman–Crippen MR) is 121 cm³/mol. The monoisotopic (exact) mass is 474 g/mol. The van der Waals surface area contributed by atoms with Gasteiger partial charge in [0, 0.05) is 18.3 Å². The molecule has 2 rings (SSSR count). The summed E-state index contributed by atoms with van der Waals surface area (Å²) in [6.45, 7) is 2.98. The fourth-order valence-electron chi connectivity index (χ4n) is 3.11. The topological polar surface area (TPSA) is 200 Å². The number of nitrogens with zero attached hydrogens (tertiary/aromatic N) is 1. The molecule has 8 N–H and O–H groups in total. The highest BCUT2D eigenvalue weighted by Gasteiger charge is 2.29. The number of nitrogens with one attached hydrogen (secondary N) is 4. The van der Waals surface area contributed by atoms with Crippen LogP contribution < -0.4 is 21.7 Å². The first kappa shape index (κ1) is 26.3. The van der Waals surface area contributed by atoms with Crippen LogP contribution in [0.1, 0.15) is 25.1 Å². The van der Waals surface area contributed by atoms with Crippen molar-refractivity contribution >= 4 is 23.7 Å². The van der Waals surface area contributed by atoms with Gasteiger partial charge in [0.25, 0.3) is 0 Å². The number of carbonyl (C=O) groups excluding carboxylic acids is 3. The first-order valence-corrected chi connectivity index (χ1v) is 10.7. The van der Waals surface area contributed by atoms with Crippen LogP contribution in [0.15, 0.2) is 36.8 Å². The summed E-state index contributed by atoms with van der Waals surface area (Å²) in [4.78, 5) is 55.4. The molecule has 34 heavy (non-hydrogen) atoms. The summed E-state index contributed by atoms with van der Waals surface area (Å²) < 4.78 is 0. The van der Waals surface area contributed by atoms with E-state index in [9.17, 15) is 29.4 Å². The number of carbonyl (C=O) groups is 4. The Kier molecular flexibility index (Phi) is 9.56. The van der Waals surface area contributed by atoms with Gasteiger partial charge in [-0.2, -0.15) is 0 Å². The molecule has 1 aromatic carbocycles. The molecule has 3 atom stereocenters. The fourth-order valence-corrected chi connectivity index (χ4v) is 3.11. The lowest BCUT2D eigenvalue weighted by molar-refractivity contribution is -0.142. The first-order valence-electron chi connectivity index (χ1n) is 10.7. The molecule has 1 aromatic heterocycles. The fraction of sp³-hybridized carbons (Fsp3) is 0.409. The molecule has 0 aliphatic rings. The highest BCUT2D eigenvalue weighted by atomic mass is 16.4. The summed E-state index contributed by atoms with van der Waals surface area (Å²) in [7, 11) is 0. The van der Waals surface area contributed by atoms with E-state index in [0.29, 0.717) is 5.69 Å². The molecule has 0 radical (unpaired) electrons. The Labute approximate surface area is 196 Å². The molecule has 1 heterocycles. The van der Waals surface area contributed by atoms with Crippen LogP contribution in [0.4, 0.5) is 0 Å². The Morgan fingerprint density at radius 2 is 1.74 bits per heavy atom. The van der Waals surface area contributed by atoms with Crippen molar-refractivity contribution in [2.24, 2.45) is 11.7 Å². The van der Waals surface area contributed by atoms with Crippen molar-refractivity contribution in [3.8, 4) is 5.75 Å². The molecule has 0 saturated carbocycles. The summed E-state index contributed by atoms with van der Waals surface area (Å²) in [5, 5.41) is 26.1. The number of carboxylic acids is 1. The molecule has 3 amide bonds. The third-order valence-electron chi connectivity index (χ3n) is 5.01. The summed E-state index contributed by atoms with van der Waals surface area (Å²) >= 11 is 0. The number of phenolic OH excluding ortho intramolecular Hbond substituents is 1. The average molecular weight is 475 g/mol. The van der Waals surface area contributed by atoms with E-state index in [-0.39, 0.29) is 24.5 Å². The SMILES string of the molecule is CC(C)[C@H](NC(=O)CNC(=O)[C@@H](N)Cc1ccc(O)cc1)C(=O)N[C@@H](Cc1cnc[nH]1)C(=O)O. The maximum absolute atomic E-state index is 12.7. The number of aromatic amines is 1. The van der Waals surface area contributed by atoms with Crippen LogP contribution in [-0.4, -0.2) is 68.5 Å². The lowest BCUT2D eigenvalue weighted by Crippen LogP contribution is -2.56. The normalized spacial score (nSPS) is 13.5. The minimum atomic E-state index is -1.23. The Morgan fingerprint density at radius 1 is 1.06 bits per heavy atom. The van der Waals surface area contributed by atoms with Crippen molar-refractivity contribution in [1.29, 1.82) is 0 Å². The van der Waals surface area contributed by atoms with Crippen molar-refractivity contribution in [1.82, 2.24) is 25.9 Å². The van der Waals surface area contributed by atoms with E-state index in [1.165, 1.54) is 24.7 Å². The number of hydrogen-bond donors (Lipinski definition) is 7. The number of imidazole rings is 1. The van der Waals surface area contributed by atoms with Crippen LogP contribution in [0.5, 0.6) is 5.75 Å². The molecule has 0 spiro atoms. The van der Waals surface area contributed by atoms with E-state index >= 15 is 0 Å². The Morgan fingerprint density at radius 3 is 2.29 bits per heavy atom. The van der Waals surface area contributed by atoms with Crippen LogP contribution in [0, 0.1) is 5.92 Å². The third kappa shape index (κ3) is 8.20. The molecular formula is C22H30N6O6. The largest absolute Gasteiger partial charge is 0.508 e. The van der Waals surface area contributed by atoms with Gasteiger partial charge in [-0.25, -0.2) is 9.78 Å². The minimum Gasteiger partial charge on any atom is -0.508 e.